The minimum atomic E-state index is -1.46. The number of carbonyl (C=O) groups excluding carboxylic acids is 1. The molecule has 0 saturated carbocycles. The van der Waals surface area contributed by atoms with Crippen LogP contribution in [-0.4, -0.2) is 34.9 Å². The van der Waals surface area contributed by atoms with Gasteiger partial charge >= 0.3 is 11.9 Å². The van der Waals surface area contributed by atoms with E-state index < -0.39 is 24.0 Å². The molecule has 0 aliphatic carbocycles. The molecule has 0 aliphatic heterocycles. The Labute approximate surface area is 95.4 Å². The fourth-order valence-electron chi connectivity index (χ4n) is 1.42. The molecule has 0 radical (unpaired) electrons. The van der Waals surface area contributed by atoms with Crippen LogP contribution >= 0.6 is 0 Å². The van der Waals surface area contributed by atoms with Gasteiger partial charge in [-0.2, -0.15) is 0 Å². The molecule has 0 spiro atoms. The fourth-order valence-corrected chi connectivity index (χ4v) is 1.42. The highest BCUT2D eigenvalue weighted by Crippen LogP contribution is 2.14. The lowest BCUT2D eigenvalue weighted by Gasteiger charge is -2.17. The molecule has 0 aromatic carbocycles. The number of hydrogen-bond donors (Lipinski definition) is 2. The number of aliphatic hydroxyl groups is 1. The Kier molecular flexibility index (Phi) is 7.54. The maximum atomic E-state index is 11.3. The van der Waals surface area contributed by atoms with Crippen LogP contribution in [0, 0.1) is 5.92 Å². The molecule has 0 aromatic heterocycles. The molecule has 0 fully saturated rings. The smallest absolute Gasteiger partial charge is 0.323 e. The number of hydrogen-bond acceptors (Lipinski definition) is 4. The van der Waals surface area contributed by atoms with Crippen molar-refractivity contribution in [2.24, 2.45) is 5.92 Å². The lowest BCUT2D eigenvalue weighted by Crippen LogP contribution is -2.36. The van der Waals surface area contributed by atoms with Crippen LogP contribution in [0.2, 0.25) is 0 Å². The zero-order valence-electron chi connectivity index (χ0n) is 9.81. The Morgan fingerprint density at radius 1 is 1.25 bits per heavy atom. The summed E-state index contributed by atoms with van der Waals surface area (Å²) in [6, 6.07) is 0. The highest BCUT2D eigenvalue weighted by Gasteiger charge is 2.34. The van der Waals surface area contributed by atoms with Crippen LogP contribution in [0.25, 0.3) is 0 Å². The van der Waals surface area contributed by atoms with Gasteiger partial charge in [-0.1, -0.05) is 26.2 Å². The summed E-state index contributed by atoms with van der Waals surface area (Å²) in [7, 11) is 0. The van der Waals surface area contributed by atoms with Crippen molar-refractivity contribution in [3.63, 3.8) is 0 Å². The zero-order chi connectivity index (χ0) is 12.6. The molecule has 0 aromatic rings. The van der Waals surface area contributed by atoms with Crippen molar-refractivity contribution in [3.05, 3.63) is 0 Å². The summed E-state index contributed by atoms with van der Waals surface area (Å²) < 4.78 is 4.61. The van der Waals surface area contributed by atoms with Crippen molar-refractivity contribution < 1.29 is 24.5 Å². The first-order valence-electron chi connectivity index (χ1n) is 5.62. The first-order valence-corrected chi connectivity index (χ1v) is 5.62. The maximum absolute atomic E-state index is 11.3. The third-order valence-corrected chi connectivity index (χ3v) is 2.29. The predicted molar refractivity (Wildman–Crippen MR) is 57.9 cm³/mol. The number of ether oxygens (including phenoxy) is 1. The summed E-state index contributed by atoms with van der Waals surface area (Å²) in [6.45, 7) is 3.72. The monoisotopic (exact) mass is 232 g/mol. The average Bonchev–Trinajstić information content (AvgIpc) is 2.18. The molecule has 94 valence electrons. The van der Waals surface area contributed by atoms with Gasteiger partial charge in [-0.05, 0) is 13.3 Å². The SMILES string of the molecule is CCCCCC(O)C(C(=O)O)C(=O)OCC. The van der Waals surface area contributed by atoms with Crippen molar-refractivity contribution in [3.8, 4) is 0 Å². The number of rotatable bonds is 8. The lowest BCUT2D eigenvalue weighted by molar-refractivity contribution is -0.163. The molecule has 16 heavy (non-hydrogen) atoms. The van der Waals surface area contributed by atoms with Gasteiger partial charge in [0.05, 0.1) is 12.7 Å². The number of aliphatic hydroxyl groups excluding tert-OH is 1. The summed E-state index contributed by atoms with van der Waals surface area (Å²) in [5, 5.41) is 18.5. The molecule has 0 bridgehead atoms. The maximum Gasteiger partial charge on any atom is 0.323 e. The van der Waals surface area contributed by atoms with Gasteiger partial charge in [-0.15, -0.1) is 0 Å². The van der Waals surface area contributed by atoms with E-state index in [0.29, 0.717) is 12.8 Å². The summed E-state index contributed by atoms with van der Waals surface area (Å²) in [5.41, 5.74) is 0. The molecule has 5 heteroatoms. The zero-order valence-corrected chi connectivity index (χ0v) is 9.81. The lowest BCUT2D eigenvalue weighted by atomic mass is 9.97. The molecule has 0 saturated heterocycles. The number of aliphatic carboxylic acids is 1. The summed E-state index contributed by atoms with van der Waals surface area (Å²) in [5.74, 6) is -3.65. The molecule has 2 atom stereocenters. The van der Waals surface area contributed by atoms with E-state index in [0.717, 1.165) is 12.8 Å². The summed E-state index contributed by atoms with van der Waals surface area (Å²) in [6.07, 6.45) is 1.74. The summed E-state index contributed by atoms with van der Waals surface area (Å²) >= 11 is 0. The largest absolute Gasteiger partial charge is 0.481 e. The second-order valence-electron chi connectivity index (χ2n) is 3.63. The van der Waals surface area contributed by atoms with Gasteiger partial charge < -0.3 is 14.9 Å². The first-order chi connectivity index (χ1) is 7.54. The summed E-state index contributed by atoms with van der Waals surface area (Å²) in [4.78, 5) is 22.1. The molecule has 2 unspecified atom stereocenters. The van der Waals surface area contributed by atoms with Crippen molar-refractivity contribution in [1.29, 1.82) is 0 Å². The Morgan fingerprint density at radius 3 is 2.31 bits per heavy atom. The second kappa shape index (κ2) is 8.10. The van der Waals surface area contributed by atoms with Gasteiger partial charge in [0.1, 0.15) is 0 Å². The van der Waals surface area contributed by atoms with E-state index in [1.54, 1.807) is 6.92 Å². The van der Waals surface area contributed by atoms with Crippen LogP contribution in [0.1, 0.15) is 39.5 Å². The van der Waals surface area contributed by atoms with Crippen molar-refractivity contribution in [1.82, 2.24) is 0 Å². The van der Waals surface area contributed by atoms with Crippen LogP contribution in [0.5, 0.6) is 0 Å². The van der Waals surface area contributed by atoms with E-state index in [-0.39, 0.29) is 6.61 Å². The first kappa shape index (κ1) is 14.9. The van der Waals surface area contributed by atoms with E-state index in [1.807, 2.05) is 6.92 Å². The Balaban J connectivity index is 4.29. The molecular formula is C11H20O5. The van der Waals surface area contributed by atoms with Gasteiger partial charge in [0.2, 0.25) is 0 Å². The quantitative estimate of drug-likeness (QED) is 0.373. The third kappa shape index (κ3) is 5.11. The molecule has 0 amide bonds. The number of unbranched alkanes of at least 4 members (excludes halogenated alkanes) is 2. The number of carboxylic acid groups (broad SMARTS) is 1. The Hall–Kier alpha value is -1.10. The van der Waals surface area contributed by atoms with Gasteiger partial charge in [-0.3, -0.25) is 9.59 Å². The van der Waals surface area contributed by atoms with Gasteiger partial charge in [-0.25, -0.2) is 0 Å². The Bertz CT molecular complexity index is 226. The second-order valence-corrected chi connectivity index (χ2v) is 3.63. The van der Waals surface area contributed by atoms with E-state index in [4.69, 9.17) is 5.11 Å². The van der Waals surface area contributed by atoms with Crippen LogP contribution < -0.4 is 0 Å². The number of carbonyl (C=O) groups is 2. The molecule has 0 aliphatic rings. The molecular weight excluding hydrogens is 212 g/mol. The van der Waals surface area contributed by atoms with Crippen LogP contribution in [0.4, 0.5) is 0 Å². The van der Waals surface area contributed by atoms with E-state index >= 15 is 0 Å². The molecule has 2 N–H and O–H groups in total. The normalized spacial score (nSPS) is 14.2. The molecule has 5 nitrogen and oxygen atoms in total. The van der Waals surface area contributed by atoms with Gasteiger partial charge in [0.25, 0.3) is 0 Å². The highest BCUT2D eigenvalue weighted by atomic mass is 16.5. The number of esters is 1. The predicted octanol–water partition coefficient (Wildman–Crippen LogP) is 1.19. The van der Waals surface area contributed by atoms with Crippen molar-refractivity contribution >= 4 is 11.9 Å². The van der Waals surface area contributed by atoms with Gasteiger partial charge in [0, 0.05) is 0 Å². The minimum absolute atomic E-state index is 0.115. The van der Waals surface area contributed by atoms with Crippen molar-refractivity contribution in [2.45, 2.75) is 45.6 Å². The standard InChI is InChI=1S/C11H20O5/c1-3-5-6-7-8(12)9(10(13)14)11(15)16-4-2/h8-9,12H,3-7H2,1-2H3,(H,13,14). The van der Waals surface area contributed by atoms with Crippen molar-refractivity contribution in [2.75, 3.05) is 6.61 Å². The minimum Gasteiger partial charge on any atom is -0.481 e. The van der Waals surface area contributed by atoms with Crippen LogP contribution in [-0.2, 0) is 14.3 Å². The van der Waals surface area contributed by atoms with E-state index in [2.05, 4.69) is 4.74 Å². The van der Waals surface area contributed by atoms with E-state index in [1.165, 1.54) is 0 Å². The highest BCUT2D eigenvalue weighted by molar-refractivity contribution is 5.94. The molecule has 0 rings (SSSR count). The average molecular weight is 232 g/mol. The molecule has 0 heterocycles. The number of carboxylic acids is 1. The fraction of sp³-hybridized carbons (Fsp3) is 0.818. The third-order valence-electron chi connectivity index (χ3n) is 2.29. The van der Waals surface area contributed by atoms with Gasteiger partial charge in [0.15, 0.2) is 5.92 Å². The van der Waals surface area contributed by atoms with Crippen LogP contribution in [0.15, 0.2) is 0 Å². The van der Waals surface area contributed by atoms with E-state index in [9.17, 15) is 14.7 Å². The van der Waals surface area contributed by atoms with Crippen LogP contribution in [0.3, 0.4) is 0 Å². The Morgan fingerprint density at radius 2 is 1.88 bits per heavy atom. The topological polar surface area (TPSA) is 83.8 Å².